The standard InChI is InChI=1S/C20H27N5OS/c1-6-15-7-8-16-18(13-15)27-20(21-16)24(12-11-23(4)5)19(26)17-9-10-25(22-17)14(2)3/h7-10,13-14H,6,11-12H2,1-5H3. The minimum absolute atomic E-state index is 0.106. The van der Waals surface area contributed by atoms with Crippen LogP contribution < -0.4 is 4.90 Å². The van der Waals surface area contributed by atoms with E-state index in [0.29, 0.717) is 12.2 Å². The molecule has 0 atom stereocenters. The Hall–Kier alpha value is -2.25. The van der Waals surface area contributed by atoms with Crippen molar-refractivity contribution in [3.05, 3.63) is 41.7 Å². The Labute approximate surface area is 164 Å². The number of nitrogens with zero attached hydrogens (tertiary/aromatic N) is 5. The van der Waals surface area contributed by atoms with Crippen molar-refractivity contribution < 1.29 is 4.79 Å². The molecule has 0 aliphatic heterocycles. The monoisotopic (exact) mass is 385 g/mol. The van der Waals surface area contributed by atoms with Crippen molar-refractivity contribution in [1.29, 1.82) is 0 Å². The second-order valence-electron chi connectivity index (χ2n) is 7.19. The number of aryl methyl sites for hydroxylation is 1. The van der Waals surface area contributed by atoms with Crippen molar-refractivity contribution in [2.75, 3.05) is 32.1 Å². The fraction of sp³-hybridized carbons (Fsp3) is 0.450. The quantitative estimate of drug-likeness (QED) is 0.620. The van der Waals surface area contributed by atoms with Crippen LogP contribution in [-0.2, 0) is 6.42 Å². The van der Waals surface area contributed by atoms with Gasteiger partial charge in [-0.05, 0) is 58.1 Å². The van der Waals surface area contributed by atoms with Crippen LogP contribution in [0.5, 0.6) is 0 Å². The third-order valence-electron chi connectivity index (χ3n) is 4.45. The predicted octanol–water partition coefficient (Wildman–Crippen LogP) is 3.84. The zero-order valence-electron chi connectivity index (χ0n) is 16.6. The zero-order chi connectivity index (χ0) is 19.6. The summed E-state index contributed by atoms with van der Waals surface area (Å²) >= 11 is 1.56. The molecule has 0 unspecified atom stereocenters. The van der Waals surface area contributed by atoms with Gasteiger partial charge in [-0.3, -0.25) is 14.4 Å². The van der Waals surface area contributed by atoms with Gasteiger partial charge in [0, 0.05) is 25.3 Å². The van der Waals surface area contributed by atoms with Crippen LogP contribution in [0.25, 0.3) is 10.2 Å². The number of thiazole rings is 1. The normalized spacial score (nSPS) is 11.7. The predicted molar refractivity (Wildman–Crippen MR) is 112 cm³/mol. The maximum Gasteiger partial charge on any atom is 0.280 e. The molecule has 3 rings (SSSR count). The van der Waals surface area contributed by atoms with E-state index in [9.17, 15) is 4.79 Å². The largest absolute Gasteiger partial charge is 0.308 e. The molecule has 0 radical (unpaired) electrons. The molecule has 2 aromatic heterocycles. The van der Waals surface area contributed by atoms with Gasteiger partial charge in [-0.25, -0.2) is 4.98 Å². The molecule has 0 aliphatic carbocycles. The van der Waals surface area contributed by atoms with Crippen molar-refractivity contribution in [3.8, 4) is 0 Å². The minimum atomic E-state index is -0.106. The summed E-state index contributed by atoms with van der Waals surface area (Å²) in [4.78, 5) is 21.7. The van der Waals surface area contributed by atoms with Gasteiger partial charge < -0.3 is 4.90 Å². The minimum Gasteiger partial charge on any atom is -0.308 e. The van der Waals surface area contributed by atoms with Crippen LogP contribution in [0.4, 0.5) is 5.13 Å². The Morgan fingerprint density at radius 1 is 1.22 bits per heavy atom. The Morgan fingerprint density at radius 2 is 2.00 bits per heavy atom. The average Bonchev–Trinajstić information content (AvgIpc) is 3.27. The summed E-state index contributed by atoms with van der Waals surface area (Å²) in [6, 6.07) is 8.31. The molecule has 144 valence electrons. The summed E-state index contributed by atoms with van der Waals surface area (Å²) in [5.74, 6) is -0.106. The van der Waals surface area contributed by atoms with Crippen LogP contribution in [-0.4, -0.2) is 52.8 Å². The fourth-order valence-corrected chi connectivity index (χ4v) is 3.81. The molecule has 27 heavy (non-hydrogen) atoms. The third-order valence-corrected chi connectivity index (χ3v) is 5.49. The Bertz CT molecular complexity index is 927. The van der Waals surface area contributed by atoms with Gasteiger partial charge in [-0.15, -0.1) is 0 Å². The lowest BCUT2D eigenvalue weighted by atomic mass is 10.2. The van der Waals surface area contributed by atoms with E-state index in [2.05, 4.69) is 29.1 Å². The Morgan fingerprint density at radius 3 is 2.63 bits per heavy atom. The molecule has 0 aliphatic rings. The van der Waals surface area contributed by atoms with Crippen LogP contribution in [0, 0.1) is 0 Å². The maximum absolute atomic E-state index is 13.2. The molecular weight excluding hydrogens is 358 g/mol. The van der Waals surface area contributed by atoms with E-state index in [1.54, 1.807) is 22.3 Å². The summed E-state index contributed by atoms with van der Waals surface area (Å²) in [6.45, 7) is 7.56. The van der Waals surface area contributed by atoms with E-state index in [4.69, 9.17) is 4.98 Å². The van der Waals surface area contributed by atoms with Gasteiger partial charge >= 0.3 is 0 Å². The van der Waals surface area contributed by atoms with Crippen molar-refractivity contribution in [2.45, 2.75) is 33.2 Å². The van der Waals surface area contributed by atoms with Gasteiger partial charge in [0.25, 0.3) is 5.91 Å². The number of anilines is 1. The van der Waals surface area contributed by atoms with E-state index in [1.807, 2.05) is 44.9 Å². The first-order valence-electron chi connectivity index (χ1n) is 9.30. The van der Waals surface area contributed by atoms with Gasteiger partial charge in [0.1, 0.15) is 0 Å². The molecule has 1 amide bonds. The number of rotatable bonds is 7. The van der Waals surface area contributed by atoms with Crippen molar-refractivity contribution in [3.63, 3.8) is 0 Å². The number of likely N-dealkylation sites (N-methyl/N-ethyl adjacent to an activating group) is 1. The van der Waals surface area contributed by atoms with Gasteiger partial charge in [0.05, 0.1) is 10.2 Å². The summed E-state index contributed by atoms with van der Waals surface area (Å²) in [6.07, 6.45) is 2.84. The number of hydrogen-bond acceptors (Lipinski definition) is 5. The molecule has 2 heterocycles. The van der Waals surface area contributed by atoms with Crippen LogP contribution in [0.2, 0.25) is 0 Å². The molecule has 0 spiro atoms. The molecule has 1 aromatic carbocycles. The number of benzene rings is 1. The molecule has 6 nitrogen and oxygen atoms in total. The van der Waals surface area contributed by atoms with Gasteiger partial charge in [0.15, 0.2) is 10.8 Å². The number of aromatic nitrogens is 3. The van der Waals surface area contributed by atoms with Crippen molar-refractivity contribution in [2.24, 2.45) is 0 Å². The van der Waals surface area contributed by atoms with Crippen molar-refractivity contribution in [1.82, 2.24) is 19.7 Å². The summed E-state index contributed by atoms with van der Waals surface area (Å²) in [5, 5.41) is 5.18. The second-order valence-corrected chi connectivity index (χ2v) is 8.20. The molecule has 0 N–H and O–H groups in total. The van der Waals surface area contributed by atoms with Gasteiger partial charge in [-0.2, -0.15) is 5.10 Å². The molecule has 0 fully saturated rings. The summed E-state index contributed by atoms with van der Waals surface area (Å²) in [5.41, 5.74) is 2.66. The fourth-order valence-electron chi connectivity index (χ4n) is 2.75. The maximum atomic E-state index is 13.2. The van der Waals surface area contributed by atoms with E-state index in [-0.39, 0.29) is 11.9 Å². The van der Waals surface area contributed by atoms with Crippen LogP contribution in [0.15, 0.2) is 30.5 Å². The van der Waals surface area contributed by atoms with Crippen LogP contribution >= 0.6 is 11.3 Å². The topological polar surface area (TPSA) is 54.3 Å². The van der Waals surface area contributed by atoms with E-state index in [1.165, 1.54) is 5.56 Å². The van der Waals surface area contributed by atoms with E-state index >= 15 is 0 Å². The first-order chi connectivity index (χ1) is 12.9. The van der Waals surface area contributed by atoms with E-state index < -0.39 is 0 Å². The number of amides is 1. The molecule has 0 saturated carbocycles. The highest BCUT2D eigenvalue weighted by Crippen LogP contribution is 2.30. The highest BCUT2D eigenvalue weighted by atomic mass is 32.1. The lowest BCUT2D eigenvalue weighted by Crippen LogP contribution is -2.37. The Kier molecular flexibility index (Phi) is 5.92. The highest BCUT2D eigenvalue weighted by Gasteiger charge is 2.23. The molecular formula is C20H27N5OS. The summed E-state index contributed by atoms with van der Waals surface area (Å²) in [7, 11) is 4.00. The first-order valence-corrected chi connectivity index (χ1v) is 10.1. The molecule has 0 bridgehead atoms. The SMILES string of the molecule is CCc1ccc2nc(N(CCN(C)C)C(=O)c3ccn(C(C)C)n3)sc2c1. The smallest absolute Gasteiger partial charge is 0.280 e. The Balaban J connectivity index is 1.95. The molecule has 7 heteroatoms. The van der Waals surface area contributed by atoms with E-state index in [0.717, 1.165) is 28.3 Å². The average molecular weight is 386 g/mol. The first kappa shape index (κ1) is 19.5. The van der Waals surface area contributed by atoms with Crippen LogP contribution in [0.1, 0.15) is 42.9 Å². The van der Waals surface area contributed by atoms with Crippen molar-refractivity contribution >= 4 is 32.6 Å². The summed E-state index contributed by atoms with van der Waals surface area (Å²) < 4.78 is 2.92. The number of hydrogen-bond donors (Lipinski definition) is 0. The van der Waals surface area contributed by atoms with Gasteiger partial charge in [-0.1, -0.05) is 24.3 Å². The number of carbonyl (C=O) groups excluding carboxylic acids is 1. The molecule has 3 aromatic rings. The second kappa shape index (κ2) is 8.19. The molecule has 0 saturated heterocycles. The highest BCUT2D eigenvalue weighted by molar-refractivity contribution is 7.22. The number of fused-ring (bicyclic) bond motifs is 1. The lowest BCUT2D eigenvalue weighted by Gasteiger charge is -2.21. The van der Waals surface area contributed by atoms with Crippen LogP contribution in [0.3, 0.4) is 0 Å². The lowest BCUT2D eigenvalue weighted by molar-refractivity contribution is 0.0979. The third kappa shape index (κ3) is 4.36. The zero-order valence-corrected chi connectivity index (χ0v) is 17.5. The number of carbonyl (C=O) groups is 1. The van der Waals surface area contributed by atoms with Gasteiger partial charge in [0.2, 0.25) is 0 Å².